The second-order valence-electron chi connectivity index (χ2n) is 1.67. The van der Waals surface area contributed by atoms with Crippen molar-refractivity contribution in [2.24, 2.45) is 0 Å². The molecule has 63 valence electrons. The van der Waals surface area contributed by atoms with Gasteiger partial charge in [0, 0.05) is 30.4 Å². The van der Waals surface area contributed by atoms with Crippen LogP contribution in [0.3, 0.4) is 0 Å². The van der Waals surface area contributed by atoms with Gasteiger partial charge in [0.2, 0.25) is 5.78 Å². The molecule has 0 saturated heterocycles. The van der Waals surface area contributed by atoms with Crippen LogP contribution in [0.4, 0.5) is 0 Å². The Kier molecular flexibility index (Phi) is 7.15. The summed E-state index contributed by atoms with van der Waals surface area (Å²) in [6, 6.07) is 0. The van der Waals surface area contributed by atoms with Crippen LogP contribution in [0, 0.1) is 0 Å². The number of carbonyl (C=O) groups excluding carboxylic acids is 3. The summed E-state index contributed by atoms with van der Waals surface area (Å²) in [5.74, 6) is -2.53. The maximum Gasteiger partial charge on any atom is 0.381 e. The van der Waals surface area contributed by atoms with Crippen LogP contribution in [0.15, 0.2) is 0 Å². The van der Waals surface area contributed by atoms with Gasteiger partial charge in [-0.3, -0.25) is 9.59 Å². The van der Waals surface area contributed by atoms with Gasteiger partial charge in [0.05, 0.1) is 0 Å². The summed E-state index contributed by atoms with van der Waals surface area (Å²) in [4.78, 5) is 30.8. The number of esters is 2. The first-order valence-corrected chi connectivity index (χ1v) is 2.83. The fraction of sp³-hybridized carbons (Fsp3) is 0.500. The molecule has 0 amide bonds. The first kappa shape index (κ1) is 13.0. The van der Waals surface area contributed by atoms with Gasteiger partial charge in [-0.1, -0.05) is 6.92 Å². The van der Waals surface area contributed by atoms with E-state index in [0.717, 1.165) is 6.92 Å². The average Bonchev–Trinajstić information content (AvgIpc) is 1.87. The van der Waals surface area contributed by atoms with Crippen LogP contribution in [-0.2, 0) is 36.2 Å². The SMILES string of the molecule is CCC(=O)OC(=O)C(C)=O.[Mn]. The van der Waals surface area contributed by atoms with Crippen molar-refractivity contribution in [3.8, 4) is 0 Å². The molecule has 4 nitrogen and oxygen atoms in total. The molecule has 0 aliphatic rings. The van der Waals surface area contributed by atoms with E-state index in [1.807, 2.05) is 0 Å². The Labute approximate surface area is 74.8 Å². The Bertz CT molecular complexity index is 175. The molecule has 1 radical (unpaired) electrons. The zero-order valence-corrected chi connectivity index (χ0v) is 7.40. The number of ether oxygens (including phenoxy) is 1. The number of Topliss-reactive ketones (excluding diaryl/α,β-unsaturated/α-hetero) is 1. The van der Waals surface area contributed by atoms with Gasteiger partial charge in [-0.25, -0.2) is 4.79 Å². The summed E-state index contributed by atoms with van der Waals surface area (Å²) < 4.78 is 4.03. The Morgan fingerprint density at radius 1 is 1.27 bits per heavy atom. The molecular weight excluding hydrogens is 191 g/mol. The van der Waals surface area contributed by atoms with E-state index >= 15 is 0 Å². The van der Waals surface area contributed by atoms with E-state index in [-0.39, 0.29) is 23.5 Å². The molecule has 0 aromatic carbocycles. The van der Waals surface area contributed by atoms with Crippen LogP contribution >= 0.6 is 0 Å². The van der Waals surface area contributed by atoms with Crippen LogP contribution in [0.1, 0.15) is 20.3 Å². The topological polar surface area (TPSA) is 60.4 Å². The largest absolute Gasteiger partial charge is 0.387 e. The second-order valence-corrected chi connectivity index (χ2v) is 1.67. The van der Waals surface area contributed by atoms with E-state index in [2.05, 4.69) is 4.74 Å². The standard InChI is InChI=1S/C6H8O4.Mn/c1-3-5(8)10-6(9)4(2)7;/h3H2,1-2H3;. The van der Waals surface area contributed by atoms with Crippen LogP contribution in [0.5, 0.6) is 0 Å². The Balaban J connectivity index is 0. The summed E-state index contributed by atoms with van der Waals surface area (Å²) in [6.07, 6.45) is 0.0962. The van der Waals surface area contributed by atoms with Gasteiger partial charge in [-0.2, -0.15) is 0 Å². The van der Waals surface area contributed by atoms with Crippen molar-refractivity contribution in [3.05, 3.63) is 0 Å². The van der Waals surface area contributed by atoms with E-state index in [4.69, 9.17) is 0 Å². The molecule has 0 fully saturated rings. The molecule has 0 aliphatic heterocycles. The minimum absolute atomic E-state index is 0. The molecule has 0 aliphatic carbocycles. The summed E-state index contributed by atoms with van der Waals surface area (Å²) >= 11 is 0. The molecule has 0 atom stereocenters. The molecule has 5 heteroatoms. The maximum absolute atomic E-state index is 10.3. The molecular formula is C6H8MnO4. The molecule has 0 rings (SSSR count). The van der Waals surface area contributed by atoms with Gasteiger partial charge in [-0.05, 0) is 0 Å². The van der Waals surface area contributed by atoms with Gasteiger partial charge < -0.3 is 4.74 Å². The number of hydrogen-bond acceptors (Lipinski definition) is 4. The second kappa shape index (κ2) is 6.07. The molecule has 0 bridgehead atoms. The maximum atomic E-state index is 10.3. The van der Waals surface area contributed by atoms with Crippen molar-refractivity contribution < 1.29 is 36.2 Å². The van der Waals surface area contributed by atoms with E-state index in [1.54, 1.807) is 0 Å². The molecule has 0 aromatic rings. The third kappa shape index (κ3) is 5.76. The van der Waals surface area contributed by atoms with Gasteiger partial charge in [-0.15, -0.1) is 0 Å². The van der Waals surface area contributed by atoms with E-state index in [9.17, 15) is 14.4 Å². The van der Waals surface area contributed by atoms with Crippen molar-refractivity contribution in [1.82, 2.24) is 0 Å². The summed E-state index contributed by atoms with van der Waals surface area (Å²) in [7, 11) is 0. The summed E-state index contributed by atoms with van der Waals surface area (Å²) in [5, 5.41) is 0. The molecule has 0 saturated carbocycles. The first-order valence-electron chi connectivity index (χ1n) is 2.83. The van der Waals surface area contributed by atoms with Crippen molar-refractivity contribution in [3.63, 3.8) is 0 Å². The quantitative estimate of drug-likeness (QED) is 0.273. The average molecular weight is 199 g/mol. The predicted octanol–water partition coefficient (Wildman–Crippen LogP) is 0.0527. The molecule has 0 N–H and O–H groups in total. The number of rotatable bonds is 2. The van der Waals surface area contributed by atoms with Crippen LogP contribution in [0.25, 0.3) is 0 Å². The van der Waals surface area contributed by atoms with Crippen molar-refractivity contribution >= 4 is 17.7 Å². The molecule has 11 heavy (non-hydrogen) atoms. The molecule has 0 heterocycles. The summed E-state index contributed by atoms with van der Waals surface area (Å²) in [6.45, 7) is 2.58. The Hall–Kier alpha value is -0.671. The normalized spacial score (nSPS) is 7.82. The van der Waals surface area contributed by atoms with Crippen LogP contribution in [0.2, 0.25) is 0 Å². The van der Waals surface area contributed by atoms with Gasteiger partial charge in [0.25, 0.3) is 0 Å². The minimum Gasteiger partial charge on any atom is -0.387 e. The number of ketones is 1. The van der Waals surface area contributed by atoms with Gasteiger partial charge >= 0.3 is 11.9 Å². The van der Waals surface area contributed by atoms with E-state index in [1.165, 1.54) is 6.92 Å². The van der Waals surface area contributed by atoms with Crippen LogP contribution < -0.4 is 0 Å². The Morgan fingerprint density at radius 2 is 1.73 bits per heavy atom. The monoisotopic (exact) mass is 199 g/mol. The van der Waals surface area contributed by atoms with Crippen molar-refractivity contribution in [2.75, 3.05) is 0 Å². The predicted molar refractivity (Wildman–Crippen MR) is 32.1 cm³/mol. The minimum atomic E-state index is -1.09. The number of carbonyl (C=O) groups is 3. The van der Waals surface area contributed by atoms with Crippen molar-refractivity contribution in [2.45, 2.75) is 20.3 Å². The molecule has 0 unspecified atom stereocenters. The Morgan fingerprint density at radius 3 is 2.00 bits per heavy atom. The smallest absolute Gasteiger partial charge is 0.381 e. The van der Waals surface area contributed by atoms with Gasteiger partial charge in [0.1, 0.15) is 0 Å². The van der Waals surface area contributed by atoms with Crippen molar-refractivity contribution in [1.29, 1.82) is 0 Å². The zero-order chi connectivity index (χ0) is 8.15. The summed E-state index contributed by atoms with van der Waals surface area (Å²) in [5.41, 5.74) is 0. The fourth-order valence-corrected chi connectivity index (χ4v) is 0.247. The first-order chi connectivity index (χ1) is 4.57. The number of hydrogen-bond donors (Lipinski definition) is 0. The fourth-order valence-electron chi connectivity index (χ4n) is 0.247. The van der Waals surface area contributed by atoms with E-state index < -0.39 is 17.7 Å². The van der Waals surface area contributed by atoms with E-state index in [0.29, 0.717) is 0 Å². The zero-order valence-electron chi connectivity index (χ0n) is 6.22. The molecule has 0 aromatic heterocycles. The molecule has 0 spiro atoms. The third-order valence-electron chi connectivity index (χ3n) is 0.783. The van der Waals surface area contributed by atoms with Crippen LogP contribution in [-0.4, -0.2) is 17.7 Å². The third-order valence-corrected chi connectivity index (χ3v) is 0.783. The van der Waals surface area contributed by atoms with Gasteiger partial charge in [0.15, 0.2) is 0 Å².